The molecule has 1 aromatic rings. The van der Waals surface area contributed by atoms with E-state index < -0.39 is 0 Å². The summed E-state index contributed by atoms with van der Waals surface area (Å²) in [6.07, 6.45) is 3.76. The zero-order valence-electron chi connectivity index (χ0n) is 9.95. The van der Waals surface area contributed by atoms with Crippen molar-refractivity contribution in [2.75, 3.05) is 0 Å². The van der Waals surface area contributed by atoms with Crippen molar-refractivity contribution in [1.82, 2.24) is 0 Å². The third-order valence-corrected chi connectivity index (χ3v) is 3.67. The SMILES string of the molecule is CC1CCC(Oc2ccc(F)cc2)CC1C. The van der Waals surface area contributed by atoms with Crippen molar-refractivity contribution in [3.63, 3.8) is 0 Å². The van der Waals surface area contributed by atoms with E-state index in [0.29, 0.717) is 6.10 Å². The monoisotopic (exact) mass is 222 g/mol. The first-order chi connectivity index (χ1) is 7.65. The fourth-order valence-corrected chi connectivity index (χ4v) is 2.31. The summed E-state index contributed by atoms with van der Waals surface area (Å²) in [7, 11) is 0. The van der Waals surface area contributed by atoms with Crippen LogP contribution in [0.2, 0.25) is 0 Å². The molecule has 1 saturated carbocycles. The number of ether oxygens (including phenoxy) is 1. The van der Waals surface area contributed by atoms with E-state index in [1.165, 1.54) is 18.6 Å². The summed E-state index contributed by atoms with van der Waals surface area (Å²) in [5, 5.41) is 0. The Kier molecular flexibility index (Phi) is 3.47. The molecule has 1 fully saturated rings. The lowest BCUT2D eigenvalue weighted by Gasteiger charge is -2.32. The molecule has 88 valence electrons. The highest BCUT2D eigenvalue weighted by Crippen LogP contribution is 2.31. The summed E-state index contributed by atoms with van der Waals surface area (Å²) in [6.45, 7) is 4.59. The largest absolute Gasteiger partial charge is 0.490 e. The lowest BCUT2D eigenvalue weighted by molar-refractivity contribution is 0.101. The van der Waals surface area contributed by atoms with Gasteiger partial charge in [-0.05, 0) is 55.4 Å². The second kappa shape index (κ2) is 4.86. The van der Waals surface area contributed by atoms with Gasteiger partial charge >= 0.3 is 0 Å². The van der Waals surface area contributed by atoms with Crippen LogP contribution in [0, 0.1) is 17.7 Å². The van der Waals surface area contributed by atoms with Crippen molar-refractivity contribution in [2.24, 2.45) is 11.8 Å². The molecule has 3 unspecified atom stereocenters. The van der Waals surface area contributed by atoms with E-state index in [2.05, 4.69) is 13.8 Å². The van der Waals surface area contributed by atoms with Gasteiger partial charge in [-0.3, -0.25) is 0 Å². The molecule has 3 atom stereocenters. The van der Waals surface area contributed by atoms with E-state index in [0.717, 1.165) is 30.4 Å². The molecule has 16 heavy (non-hydrogen) atoms. The van der Waals surface area contributed by atoms with E-state index in [-0.39, 0.29) is 5.82 Å². The van der Waals surface area contributed by atoms with Crippen LogP contribution in [-0.2, 0) is 0 Å². The fourth-order valence-electron chi connectivity index (χ4n) is 2.31. The highest BCUT2D eigenvalue weighted by atomic mass is 19.1. The number of benzene rings is 1. The molecule has 0 saturated heterocycles. The van der Waals surface area contributed by atoms with Crippen molar-refractivity contribution in [2.45, 2.75) is 39.2 Å². The number of halogens is 1. The summed E-state index contributed by atoms with van der Waals surface area (Å²) >= 11 is 0. The van der Waals surface area contributed by atoms with Crippen LogP contribution in [0.25, 0.3) is 0 Å². The van der Waals surface area contributed by atoms with Gasteiger partial charge in [-0.1, -0.05) is 13.8 Å². The van der Waals surface area contributed by atoms with E-state index in [1.54, 1.807) is 12.1 Å². The van der Waals surface area contributed by atoms with Gasteiger partial charge in [-0.2, -0.15) is 0 Å². The molecular weight excluding hydrogens is 203 g/mol. The minimum absolute atomic E-state index is 0.210. The van der Waals surface area contributed by atoms with Crippen LogP contribution >= 0.6 is 0 Å². The average Bonchev–Trinajstić information content (AvgIpc) is 2.27. The van der Waals surface area contributed by atoms with Gasteiger partial charge in [-0.25, -0.2) is 4.39 Å². The first kappa shape index (κ1) is 11.4. The van der Waals surface area contributed by atoms with E-state index in [4.69, 9.17) is 4.74 Å². The Labute approximate surface area is 96.6 Å². The highest BCUT2D eigenvalue weighted by Gasteiger charge is 2.25. The molecule has 0 radical (unpaired) electrons. The lowest BCUT2D eigenvalue weighted by Crippen LogP contribution is -2.28. The molecule has 2 rings (SSSR count). The Bertz CT molecular complexity index is 333. The fraction of sp³-hybridized carbons (Fsp3) is 0.571. The van der Waals surface area contributed by atoms with Crippen molar-refractivity contribution in [3.05, 3.63) is 30.1 Å². The standard InChI is InChI=1S/C14H19FO/c1-10-3-6-14(9-11(10)2)16-13-7-4-12(15)5-8-13/h4-5,7-8,10-11,14H,3,6,9H2,1-2H3. The molecule has 0 spiro atoms. The second-order valence-electron chi connectivity index (χ2n) is 4.96. The van der Waals surface area contributed by atoms with E-state index in [9.17, 15) is 4.39 Å². The number of rotatable bonds is 2. The number of hydrogen-bond acceptors (Lipinski definition) is 1. The maximum absolute atomic E-state index is 12.7. The molecule has 0 heterocycles. The van der Waals surface area contributed by atoms with Gasteiger partial charge in [0.2, 0.25) is 0 Å². The van der Waals surface area contributed by atoms with Crippen molar-refractivity contribution in [3.8, 4) is 5.75 Å². The van der Waals surface area contributed by atoms with E-state index in [1.807, 2.05) is 0 Å². The van der Waals surface area contributed by atoms with Gasteiger partial charge in [0.15, 0.2) is 0 Å². The van der Waals surface area contributed by atoms with Crippen LogP contribution < -0.4 is 4.74 Å². The second-order valence-corrected chi connectivity index (χ2v) is 4.96. The summed E-state index contributed by atoms with van der Waals surface area (Å²) < 4.78 is 18.6. The molecule has 2 heteroatoms. The van der Waals surface area contributed by atoms with Crippen molar-refractivity contribution in [1.29, 1.82) is 0 Å². The Morgan fingerprint density at radius 1 is 1.06 bits per heavy atom. The molecule has 0 aliphatic heterocycles. The zero-order valence-corrected chi connectivity index (χ0v) is 9.95. The number of hydrogen-bond donors (Lipinski definition) is 0. The van der Waals surface area contributed by atoms with Crippen molar-refractivity contribution >= 4 is 0 Å². The van der Waals surface area contributed by atoms with Gasteiger partial charge in [0.1, 0.15) is 11.6 Å². The maximum Gasteiger partial charge on any atom is 0.123 e. The summed E-state index contributed by atoms with van der Waals surface area (Å²) in [6, 6.07) is 6.31. The summed E-state index contributed by atoms with van der Waals surface area (Å²) in [5.41, 5.74) is 0. The van der Waals surface area contributed by atoms with Gasteiger partial charge in [0.05, 0.1) is 6.10 Å². The first-order valence-electron chi connectivity index (χ1n) is 6.07. The Balaban J connectivity index is 1.93. The quantitative estimate of drug-likeness (QED) is 0.734. The maximum atomic E-state index is 12.7. The first-order valence-corrected chi connectivity index (χ1v) is 6.07. The van der Waals surface area contributed by atoms with Crippen LogP contribution in [0.5, 0.6) is 5.75 Å². The van der Waals surface area contributed by atoms with Crippen LogP contribution in [0.1, 0.15) is 33.1 Å². The van der Waals surface area contributed by atoms with Crippen LogP contribution in [-0.4, -0.2) is 6.10 Å². The van der Waals surface area contributed by atoms with Gasteiger partial charge < -0.3 is 4.74 Å². The molecule has 0 N–H and O–H groups in total. The van der Waals surface area contributed by atoms with Crippen LogP contribution in [0.15, 0.2) is 24.3 Å². The third-order valence-electron chi connectivity index (χ3n) is 3.67. The average molecular weight is 222 g/mol. The molecular formula is C14H19FO. The molecule has 1 aromatic carbocycles. The molecule has 0 bridgehead atoms. The predicted octanol–water partition coefficient (Wildman–Crippen LogP) is 4.03. The summed E-state index contributed by atoms with van der Waals surface area (Å²) in [5.74, 6) is 2.10. The van der Waals surface area contributed by atoms with E-state index >= 15 is 0 Å². The van der Waals surface area contributed by atoms with Crippen molar-refractivity contribution < 1.29 is 9.13 Å². The van der Waals surface area contributed by atoms with Crippen LogP contribution in [0.3, 0.4) is 0 Å². The van der Waals surface area contributed by atoms with Gasteiger partial charge in [0, 0.05) is 0 Å². The van der Waals surface area contributed by atoms with Crippen LogP contribution in [0.4, 0.5) is 4.39 Å². The smallest absolute Gasteiger partial charge is 0.123 e. The molecule has 1 aliphatic rings. The molecule has 0 aromatic heterocycles. The minimum atomic E-state index is -0.210. The highest BCUT2D eigenvalue weighted by molar-refractivity contribution is 5.22. The topological polar surface area (TPSA) is 9.23 Å². The lowest BCUT2D eigenvalue weighted by atomic mass is 9.80. The Morgan fingerprint density at radius 2 is 1.75 bits per heavy atom. The molecule has 1 aliphatic carbocycles. The molecule has 0 amide bonds. The predicted molar refractivity (Wildman–Crippen MR) is 63.0 cm³/mol. The Hall–Kier alpha value is -1.05. The zero-order chi connectivity index (χ0) is 11.5. The van der Waals surface area contributed by atoms with Gasteiger partial charge in [0.25, 0.3) is 0 Å². The Morgan fingerprint density at radius 3 is 2.38 bits per heavy atom. The minimum Gasteiger partial charge on any atom is -0.490 e. The normalized spacial score (nSPS) is 30.1. The summed E-state index contributed by atoms with van der Waals surface area (Å²) in [4.78, 5) is 0. The molecule has 1 nitrogen and oxygen atoms in total. The third kappa shape index (κ3) is 2.75. The van der Waals surface area contributed by atoms with Gasteiger partial charge in [-0.15, -0.1) is 0 Å².